The van der Waals surface area contributed by atoms with Crippen LogP contribution < -0.4 is 10.1 Å². The van der Waals surface area contributed by atoms with Gasteiger partial charge in [0.25, 0.3) is 11.8 Å². The van der Waals surface area contributed by atoms with E-state index in [2.05, 4.69) is 15.3 Å². The Balaban J connectivity index is 1.45. The van der Waals surface area contributed by atoms with E-state index in [9.17, 15) is 9.59 Å². The van der Waals surface area contributed by atoms with Gasteiger partial charge in [0, 0.05) is 52.5 Å². The molecular weight excluding hydrogens is 382 g/mol. The molecule has 1 saturated heterocycles. The van der Waals surface area contributed by atoms with Crippen molar-refractivity contribution in [1.29, 1.82) is 0 Å². The van der Waals surface area contributed by atoms with Crippen molar-refractivity contribution < 1.29 is 14.3 Å². The van der Waals surface area contributed by atoms with Crippen molar-refractivity contribution in [2.75, 3.05) is 46.4 Å². The summed E-state index contributed by atoms with van der Waals surface area (Å²) in [5.74, 6) is 0.0944. The molecule has 0 atom stereocenters. The molecule has 3 rings (SSSR count). The van der Waals surface area contributed by atoms with Gasteiger partial charge in [0.1, 0.15) is 5.56 Å². The van der Waals surface area contributed by atoms with Crippen LogP contribution in [0, 0.1) is 0 Å². The summed E-state index contributed by atoms with van der Waals surface area (Å²) in [5.41, 5.74) is 0.954. The van der Waals surface area contributed by atoms with Gasteiger partial charge in [0.2, 0.25) is 5.88 Å². The van der Waals surface area contributed by atoms with Gasteiger partial charge in [-0.1, -0.05) is 23.7 Å². The molecule has 0 aliphatic carbocycles. The van der Waals surface area contributed by atoms with E-state index in [4.69, 9.17) is 16.3 Å². The van der Waals surface area contributed by atoms with Gasteiger partial charge < -0.3 is 15.0 Å². The molecule has 2 aromatic rings. The first-order chi connectivity index (χ1) is 13.5. The minimum absolute atomic E-state index is 0.0726. The van der Waals surface area contributed by atoms with Gasteiger partial charge in [-0.2, -0.15) is 0 Å². The van der Waals surface area contributed by atoms with E-state index in [1.807, 2.05) is 0 Å². The topological polar surface area (TPSA) is 79.7 Å². The van der Waals surface area contributed by atoms with E-state index in [-0.39, 0.29) is 11.8 Å². The first kappa shape index (κ1) is 20.2. The fraction of sp³-hybridized carbons (Fsp3) is 0.421. The number of halogens is 1. The summed E-state index contributed by atoms with van der Waals surface area (Å²) in [6.45, 7) is 3.97. The average Bonchev–Trinajstić information content (AvgIpc) is 3.09. The zero-order valence-corrected chi connectivity index (χ0v) is 16.8. The zero-order chi connectivity index (χ0) is 20.1. The lowest BCUT2D eigenvalue weighted by atomic mass is 10.2. The highest BCUT2D eigenvalue weighted by Crippen LogP contribution is 2.18. The number of aromatic nitrogens is 2. The SMILES string of the molecule is COc1nn(C)cc1C(=O)N1CCN(CCNC(=O)c2ccccc2Cl)CC1. The molecule has 1 aliphatic heterocycles. The zero-order valence-electron chi connectivity index (χ0n) is 16.0. The molecule has 0 spiro atoms. The van der Waals surface area contributed by atoms with Crippen LogP contribution in [0.4, 0.5) is 0 Å². The predicted octanol–water partition coefficient (Wildman–Crippen LogP) is 1.27. The lowest BCUT2D eigenvalue weighted by Gasteiger charge is -2.34. The smallest absolute Gasteiger partial charge is 0.261 e. The van der Waals surface area contributed by atoms with Gasteiger partial charge in [-0.05, 0) is 12.1 Å². The molecule has 8 nitrogen and oxygen atoms in total. The van der Waals surface area contributed by atoms with Gasteiger partial charge in [0.05, 0.1) is 17.7 Å². The summed E-state index contributed by atoms with van der Waals surface area (Å²) in [6.07, 6.45) is 1.68. The van der Waals surface area contributed by atoms with Crippen LogP contribution in [0.5, 0.6) is 5.88 Å². The fourth-order valence-corrected chi connectivity index (χ4v) is 3.40. The fourth-order valence-electron chi connectivity index (χ4n) is 3.18. The lowest BCUT2D eigenvalue weighted by Crippen LogP contribution is -2.50. The first-order valence-corrected chi connectivity index (χ1v) is 9.49. The number of hydrogen-bond donors (Lipinski definition) is 1. The van der Waals surface area contributed by atoms with Crippen molar-refractivity contribution >= 4 is 23.4 Å². The molecule has 0 unspecified atom stereocenters. The molecule has 0 saturated carbocycles. The number of carbonyl (C=O) groups excluding carboxylic acids is 2. The third-order valence-corrected chi connectivity index (χ3v) is 5.04. The molecule has 1 fully saturated rings. The molecule has 0 radical (unpaired) electrons. The van der Waals surface area contributed by atoms with Crippen molar-refractivity contribution in [3.8, 4) is 5.88 Å². The van der Waals surface area contributed by atoms with Crippen LogP contribution >= 0.6 is 11.6 Å². The largest absolute Gasteiger partial charge is 0.479 e. The van der Waals surface area contributed by atoms with E-state index >= 15 is 0 Å². The minimum Gasteiger partial charge on any atom is -0.479 e. The molecule has 0 bridgehead atoms. The van der Waals surface area contributed by atoms with Gasteiger partial charge in [-0.15, -0.1) is 5.10 Å². The van der Waals surface area contributed by atoms with Crippen molar-refractivity contribution in [1.82, 2.24) is 24.9 Å². The van der Waals surface area contributed by atoms with Gasteiger partial charge in [0.15, 0.2) is 0 Å². The molecule has 150 valence electrons. The quantitative estimate of drug-likeness (QED) is 0.782. The molecule has 1 N–H and O–H groups in total. The predicted molar refractivity (Wildman–Crippen MR) is 106 cm³/mol. The highest BCUT2D eigenvalue weighted by atomic mass is 35.5. The monoisotopic (exact) mass is 405 g/mol. The molecular formula is C19H24ClN5O3. The van der Waals surface area contributed by atoms with E-state index in [1.54, 1.807) is 47.1 Å². The molecule has 9 heteroatoms. The molecule has 2 heterocycles. The van der Waals surface area contributed by atoms with E-state index in [0.29, 0.717) is 48.2 Å². The Morgan fingerprint density at radius 1 is 1.18 bits per heavy atom. The highest BCUT2D eigenvalue weighted by Gasteiger charge is 2.26. The Labute approximate surface area is 169 Å². The van der Waals surface area contributed by atoms with Crippen molar-refractivity contribution in [3.05, 3.63) is 46.6 Å². The number of nitrogens with zero attached hydrogens (tertiary/aromatic N) is 4. The molecule has 28 heavy (non-hydrogen) atoms. The van der Waals surface area contributed by atoms with Crippen LogP contribution in [0.25, 0.3) is 0 Å². The number of amides is 2. The second kappa shape index (κ2) is 9.07. The maximum absolute atomic E-state index is 12.7. The van der Waals surface area contributed by atoms with Gasteiger partial charge >= 0.3 is 0 Å². The Bertz CT molecular complexity index is 846. The number of carbonyl (C=O) groups is 2. The van der Waals surface area contributed by atoms with Crippen LogP contribution in [-0.2, 0) is 7.05 Å². The van der Waals surface area contributed by atoms with E-state index < -0.39 is 0 Å². The van der Waals surface area contributed by atoms with Gasteiger partial charge in [-0.25, -0.2) is 0 Å². The Morgan fingerprint density at radius 3 is 2.57 bits per heavy atom. The lowest BCUT2D eigenvalue weighted by molar-refractivity contribution is 0.0635. The molecule has 1 aromatic carbocycles. The average molecular weight is 406 g/mol. The normalized spacial score (nSPS) is 14.8. The van der Waals surface area contributed by atoms with Crippen molar-refractivity contribution in [2.24, 2.45) is 7.05 Å². The highest BCUT2D eigenvalue weighted by molar-refractivity contribution is 6.33. The van der Waals surface area contributed by atoms with Crippen molar-refractivity contribution in [3.63, 3.8) is 0 Å². The van der Waals surface area contributed by atoms with Crippen LogP contribution in [-0.4, -0.2) is 77.8 Å². The first-order valence-electron chi connectivity index (χ1n) is 9.11. The number of aryl methyl sites for hydroxylation is 1. The van der Waals surface area contributed by atoms with Crippen LogP contribution in [0.2, 0.25) is 5.02 Å². The summed E-state index contributed by atoms with van der Waals surface area (Å²) in [5, 5.41) is 7.47. The summed E-state index contributed by atoms with van der Waals surface area (Å²) in [7, 11) is 3.27. The Morgan fingerprint density at radius 2 is 1.89 bits per heavy atom. The third kappa shape index (κ3) is 4.63. The Hall–Kier alpha value is -2.58. The van der Waals surface area contributed by atoms with Crippen LogP contribution in [0.3, 0.4) is 0 Å². The maximum atomic E-state index is 12.7. The third-order valence-electron chi connectivity index (χ3n) is 4.71. The van der Waals surface area contributed by atoms with Crippen LogP contribution in [0.1, 0.15) is 20.7 Å². The number of benzene rings is 1. The van der Waals surface area contributed by atoms with E-state index in [1.165, 1.54) is 7.11 Å². The molecule has 1 aliphatic rings. The second-order valence-corrected chi connectivity index (χ2v) is 7.00. The molecule has 2 amide bonds. The molecule has 1 aromatic heterocycles. The van der Waals surface area contributed by atoms with Crippen molar-refractivity contribution in [2.45, 2.75) is 0 Å². The number of hydrogen-bond acceptors (Lipinski definition) is 5. The van der Waals surface area contributed by atoms with Gasteiger partial charge in [-0.3, -0.25) is 19.2 Å². The standard InChI is InChI=1S/C19H24ClN5O3/c1-23-13-15(18(22-23)28-2)19(27)25-11-9-24(10-12-25)8-7-21-17(26)14-5-3-4-6-16(14)20/h3-6,13H,7-12H2,1-2H3,(H,21,26). The van der Waals surface area contributed by atoms with E-state index in [0.717, 1.165) is 13.1 Å². The summed E-state index contributed by atoms with van der Waals surface area (Å²) in [4.78, 5) is 28.9. The second-order valence-electron chi connectivity index (χ2n) is 6.60. The number of methoxy groups -OCH3 is 1. The minimum atomic E-state index is -0.178. The summed E-state index contributed by atoms with van der Waals surface area (Å²) < 4.78 is 6.75. The Kier molecular flexibility index (Phi) is 6.53. The van der Waals surface area contributed by atoms with Crippen LogP contribution in [0.15, 0.2) is 30.5 Å². The number of rotatable bonds is 6. The number of nitrogens with one attached hydrogen (secondary N) is 1. The number of piperazine rings is 1. The summed E-state index contributed by atoms with van der Waals surface area (Å²) >= 11 is 6.04. The number of ether oxygens (including phenoxy) is 1. The summed E-state index contributed by atoms with van der Waals surface area (Å²) in [6, 6.07) is 6.98. The maximum Gasteiger partial charge on any atom is 0.261 e.